The number of furan rings is 1. The molecule has 0 fully saturated rings. The molecule has 0 bridgehead atoms. The molecule has 2 aromatic rings. The summed E-state index contributed by atoms with van der Waals surface area (Å²) in [6, 6.07) is 11.2. The van der Waals surface area contributed by atoms with E-state index in [0.29, 0.717) is 0 Å². The average molecular weight is 326 g/mol. The fourth-order valence-electron chi connectivity index (χ4n) is 3.26. The maximum atomic E-state index is 12.5. The van der Waals surface area contributed by atoms with Gasteiger partial charge < -0.3 is 15.1 Å². The fraction of sp³-hybridized carbons (Fsp3) is 0.368. The highest BCUT2D eigenvalue weighted by Crippen LogP contribution is 2.30. The van der Waals surface area contributed by atoms with Crippen LogP contribution in [-0.2, 0) is 16.0 Å². The highest BCUT2D eigenvalue weighted by molar-refractivity contribution is 5.79. The van der Waals surface area contributed by atoms with Crippen LogP contribution in [0, 0.1) is 0 Å². The molecule has 5 heteroatoms. The molecule has 1 aromatic heterocycles. The minimum absolute atomic E-state index is 0.00579. The molecule has 1 aliphatic rings. The van der Waals surface area contributed by atoms with E-state index in [0.717, 1.165) is 36.1 Å². The minimum Gasteiger partial charge on any atom is -0.469 e. The Morgan fingerprint density at radius 1 is 1.25 bits per heavy atom. The average Bonchev–Trinajstić information content (AvgIpc) is 3.04. The summed E-state index contributed by atoms with van der Waals surface area (Å²) in [5.41, 5.74) is 2.00. The van der Waals surface area contributed by atoms with E-state index in [1.807, 2.05) is 36.4 Å². The minimum atomic E-state index is -0.323. The molecule has 2 atom stereocenters. The molecule has 24 heavy (non-hydrogen) atoms. The normalized spacial score (nSPS) is 17.6. The Morgan fingerprint density at radius 3 is 2.79 bits per heavy atom. The van der Waals surface area contributed by atoms with Crippen molar-refractivity contribution >= 4 is 11.8 Å². The predicted octanol–water partition coefficient (Wildman–Crippen LogP) is 3.04. The molecular formula is C19H22N2O3. The first-order chi connectivity index (χ1) is 11.6. The van der Waals surface area contributed by atoms with Gasteiger partial charge in [0.2, 0.25) is 11.8 Å². The van der Waals surface area contributed by atoms with Crippen LogP contribution in [0.25, 0.3) is 0 Å². The molecule has 0 radical (unpaired) electrons. The second-order valence-corrected chi connectivity index (χ2v) is 6.18. The summed E-state index contributed by atoms with van der Waals surface area (Å²) in [6.45, 7) is 1.47. The molecule has 2 amide bonds. The van der Waals surface area contributed by atoms with Gasteiger partial charge in [0.25, 0.3) is 0 Å². The van der Waals surface area contributed by atoms with Gasteiger partial charge in [0.1, 0.15) is 5.76 Å². The summed E-state index contributed by atoms with van der Waals surface area (Å²) in [7, 11) is 0. The molecular weight excluding hydrogens is 304 g/mol. The lowest BCUT2D eigenvalue weighted by Gasteiger charge is -2.24. The predicted molar refractivity (Wildman–Crippen MR) is 90.1 cm³/mol. The van der Waals surface area contributed by atoms with Crippen molar-refractivity contribution in [2.45, 2.75) is 44.7 Å². The van der Waals surface area contributed by atoms with Crippen molar-refractivity contribution in [1.29, 1.82) is 0 Å². The van der Waals surface area contributed by atoms with Crippen LogP contribution in [0.1, 0.15) is 55.2 Å². The number of amides is 2. The van der Waals surface area contributed by atoms with Gasteiger partial charge in [-0.15, -0.1) is 0 Å². The van der Waals surface area contributed by atoms with E-state index in [2.05, 4.69) is 10.6 Å². The lowest BCUT2D eigenvalue weighted by atomic mass is 9.93. The number of aryl methyl sites for hydroxylation is 1. The Bertz CT molecular complexity index is 708. The van der Waals surface area contributed by atoms with E-state index in [-0.39, 0.29) is 30.3 Å². The lowest BCUT2D eigenvalue weighted by Crippen LogP contribution is -2.35. The molecule has 1 aromatic carbocycles. The van der Waals surface area contributed by atoms with Crippen LogP contribution in [-0.4, -0.2) is 11.8 Å². The molecule has 3 rings (SSSR count). The van der Waals surface area contributed by atoms with Gasteiger partial charge in [0.05, 0.1) is 24.8 Å². The van der Waals surface area contributed by atoms with Crippen LogP contribution >= 0.6 is 0 Å². The molecule has 0 saturated heterocycles. The summed E-state index contributed by atoms with van der Waals surface area (Å²) in [5, 5.41) is 5.94. The summed E-state index contributed by atoms with van der Waals surface area (Å²) in [6.07, 6.45) is 4.73. The van der Waals surface area contributed by atoms with Gasteiger partial charge in [-0.05, 0) is 24.5 Å². The summed E-state index contributed by atoms with van der Waals surface area (Å²) < 4.78 is 5.46. The molecule has 0 saturated carbocycles. The molecule has 2 N–H and O–H groups in total. The van der Waals surface area contributed by atoms with Crippen molar-refractivity contribution in [1.82, 2.24) is 10.6 Å². The van der Waals surface area contributed by atoms with Crippen molar-refractivity contribution in [2.75, 3.05) is 0 Å². The number of rotatable bonds is 5. The Kier molecular flexibility index (Phi) is 4.99. The highest BCUT2D eigenvalue weighted by atomic mass is 16.3. The number of hydrogen-bond donors (Lipinski definition) is 2. The first kappa shape index (κ1) is 16.3. The smallest absolute Gasteiger partial charge is 0.222 e. The molecule has 126 valence electrons. The van der Waals surface area contributed by atoms with Crippen LogP contribution in [0.3, 0.4) is 0 Å². The van der Waals surface area contributed by atoms with Crippen molar-refractivity contribution in [3.8, 4) is 0 Å². The topological polar surface area (TPSA) is 71.3 Å². The van der Waals surface area contributed by atoms with Gasteiger partial charge in [-0.1, -0.05) is 30.3 Å². The largest absolute Gasteiger partial charge is 0.469 e. The van der Waals surface area contributed by atoms with E-state index in [4.69, 9.17) is 4.42 Å². The molecule has 1 aliphatic carbocycles. The van der Waals surface area contributed by atoms with E-state index in [1.54, 1.807) is 6.26 Å². The number of benzene rings is 1. The number of carbonyl (C=O) groups excluding carboxylic acids is 2. The van der Waals surface area contributed by atoms with Crippen LogP contribution in [0.15, 0.2) is 47.1 Å². The standard InChI is InChI=1S/C19H22N2O3/c1-13(22)20-17(14-6-3-2-4-7-14)12-19(23)21-16-8-5-9-18-15(16)10-11-24-18/h2-4,6-7,10-11,16-17H,5,8-9,12H2,1H3,(H,20,22)(H,21,23)/t16-,17-/m0/s1. The molecule has 0 unspecified atom stereocenters. The maximum absolute atomic E-state index is 12.5. The Hall–Kier alpha value is -2.56. The van der Waals surface area contributed by atoms with E-state index < -0.39 is 0 Å². The fourth-order valence-corrected chi connectivity index (χ4v) is 3.26. The van der Waals surface area contributed by atoms with Crippen LogP contribution in [0.4, 0.5) is 0 Å². The van der Waals surface area contributed by atoms with Gasteiger partial charge in [-0.25, -0.2) is 0 Å². The number of nitrogens with one attached hydrogen (secondary N) is 2. The second kappa shape index (κ2) is 7.34. The van der Waals surface area contributed by atoms with Crippen LogP contribution in [0.2, 0.25) is 0 Å². The van der Waals surface area contributed by atoms with Crippen molar-refractivity contribution in [2.24, 2.45) is 0 Å². The summed E-state index contributed by atoms with van der Waals surface area (Å²) in [5.74, 6) is 0.746. The molecule has 5 nitrogen and oxygen atoms in total. The third-order valence-electron chi connectivity index (χ3n) is 4.36. The molecule has 0 spiro atoms. The third-order valence-corrected chi connectivity index (χ3v) is 4.36. The van der Waals surface area contributed by atoms with Gasteiger partial charge >= 0.3 is 0 Å². The van der Waals surface area contributed by atoms with Crippen molar-refractivity contribution < 1.29 is 14.0 Å². The zero-order chi connectivity index (χ0) is 16.9. The summed E-state index contributed by atoms with van der Waals surface area (Å²) >= 11 is 0. The van der Waals surface area contributed by atoms with Gasteiger partial charge in [-0.2, -0.15) is 0 Å². The Labute approximate surface area is 141 Å². The zero-order valence-corrected chi connectivity index (χ0v) is 13.7. The molecule has 1 heterocycles. The number of hydrogen-bond acceptors (Lipinski definition) is 3. The van der Waals surface area contributed by atoms with Gasteiger partial charge in [-0.3, -0.25) is 9.59 Å². The summed E-state index contributed by atoms with van der Waals surface area (Å²) in [4.78, 5) is 24.0. The quantitative estimate of drug-likeness (QED) is 0.887. The second-order valence-electron chi connectivity index (χ2n) is 6.18. The highest BCUT2D eigenvalue weighted by Gasteiger charge is 2.25. The lowest BCUT2D eigenvalue weighted by molar-refractivity contribution is -0.123. The van der Waals surface area contributed by atoms with Gasteiger partial charge in [0, 0.05) is 18.9 Å². The maximum Gasteiger partial charge on any atom is 0.222 e. The van der Waals surface area contributed by atoms with Gasteiger partial charge in [0.15, 0.2) is 0 Å². The third kappa shape index (κ3) is 3.85. The molecule has 0 aliphatic heterocycles. The first-order valence-corrected chi connectivity index (χ1v) is 8.31. The monoisotopic (exact) mass is 326 g/mol. The Balaban J connectivity index is 1.67. The van der Waals surface area contributed by atoms with Crippen LogP contribution in [0.5, 0.6) is 0 Å². The number of carbonyl (C=O) groups is 2. The van der Waals surface area contributed by atoms with E-state index in [9.17, 15) is 9.59 Å². The van der Waals surface area contributed by atoms with Crippen molar-refractivity contribution in [3.05, 3.63) is 59.5 Å². The van der Waals surface area contributed by atoms with Crippen LogP contribution < -0.4 is 10.6 Å². The van der Waals surface area contributed by atoms with E-state index >= 15 is 0 Å². The van der Waals surface area contributed by atoms with E-state index in [1.165, 1.54) is 6.92 Å². The first-order valence-electron chi connectivity index (χ1n) is 8.31. The zero-order valence-electron chi connectivity index (χ0n) is 13.7. The van der Waals surface area contributed by atoms with Crippen molar-refractivity contribution in [3.63, 3.8) is 0 Å². The number of fused-ring (bicyclic) bond motifs is 1. The Morgan fingerprint density at radius 2 is 2.04 bits per heavy atom. The SMILES string of the molecule is CC(=O)N[C@@H](CC(=O)N[C@H]1CCCc2occc21)c1ccccc1.